The molecule has 4 aliphatic rings. The molecule has 4 aliphatic carbocycles. The Morgan fingerprint density at radius 3 is 0.786 bits per heavy atom. The second kappa shape index (κ2) is 3.87. The Kier molecular flexibility index (Phi) is 2.55. The van der Waals surface area contributed by atoms with Gasteiger partial charge in [0.05, 0.1) is 0 Å². The molecule has 4 saturated carbocycles. The van der Waals surface area contributed by atoms with Gasteiger partial charge in [-0.05, 0) is 36.5 Å². The summed E-state index contributed by atoms with van der Waals surface area (Å²) in [4.78, 5) is 0. The number of fused-ring (bicyclic) bond motifs is 4. The molecule has 4 fully saturated rings. The Balaban J connectivity index is 1.82. The summed E-state index contributed by atoms with van der Waals surface area (Å²) in [7, 11) is 0. The molecule has 0 spiro atoms. The van der Waals surface area contributed by atoms with E-state index in [1.54, 1.807) is 64.2 Å². The average Bonchev–Trinajstić information content (AvgIpc) is 2.09. The van der Waals surface area contributed by atoms with E-state index in [-0.39, 0.29) is 0 Å². The van der Waals surface area contributed by atoms with Gasteiger partial charge in [-0.25, -0.2) is 0 Å². The monoisotopic (exact) mass is 192 g/mol. The summed E-state index contributed by atoms with van der Waals surface area (Å²) in [5, 5.41) is 0. The molecule has 0 atom stereocenters. The molecule has 0 N–H and O–H groups in total. The Hall–Kier alpha value is 0. The molecule has 0 saturated heterocycles. The summed E-state index contributed by atoms with van der Waals surface area (Å²) in [6.07, 6.45) is 15.8. The van der Waals surface area contributed by atoms with Crippen LogP contribution in [0.25, 0.3) is 0 Å². The van der Waals surface area contributed by atoms with Crippen molar-refractivity contribution in [2.45, 2.75) is 64.2 Å². The van der Waals surface area contributed by atoms with E-state index in [0.29, 0.717) is 0 Å². The fraction of sp³-hybridized carbons (Fsp3) is 1.00. The van der Waals surface area contributed by atoms with Crippen molar-refractivity contribution < 1.29 is 0 Å². The Morgan fingerprint density at radius 2 is 0.571 bits per heavy atom. The molecular weight excluding hydrogens is 168 g/mol. The second-order valence-corrected chi connectivity index (χ2v) is 6.24. The van der Waals surface area contributed by atoms with Gasteiger partial charge in [0.2, 0.25) is 0 Å². The van der Waals surface area contributed by atoms with Crippen LogP contribution in [0.1, 0.15) is 64.2 Å². The fourth-order valence-electron chi connectivity index (χ4n) is 4.35. The molecule has 0 heteroatoms. The number of hydrogen-bond acceptors (Lipinski definition) is 0. The molecule has 4 bridgehead atoms. The minimum absolute atomic E-state index is 1.13. The summed E-state index contributed by atoms with van der Waals surface area (Å²) in [6.45, 7) is 0. The molecule has 0 nitrogen and oxygen atoms in total. The normalized spacial score (nSPS) is 48.0. The van der Waals surface area contributed by atoms with Gasteiger partial charge >= 0.3 is 0 Å². The fourth-order valence-corrected chi connectivity index (χ4v) is 4.35. The minimum atomic E-state index is 1.13. The lowest BCUT2D eigenvalue weighted by Crippen LogP contribution is -2.26. The third-order valence-corrected chi connectivity index (χ3v) is 5.27. The van der Waals surface area contributed by atoms with Crippen LogP contribution in [0.2, 0.25) is 0 Å². The van der Waals surface area contributed by atoms with Crippen LogP contribution < -0.4 is 0 Å². The van der Waals surface area contributed by atoms with Crippen molar-refractivity contribution in [1.82, 2.24) is 0 Å². The van der Waals surface area contributed by atoms with E-state index in [2.05, 4.69) is 0 Å². The molecule has 14 heavy (non-hydrogen) atoms. The summed E-state index contributed by atoms with van der Waals surface area (Å²) >= 11 is 0. The van der Waals surface area contributed by atoms with Crippen LogP contribution in [0.5, 0.6) is 0 Å². The zero-order valence-corrected chi connectivity index (χ0v) is 9.38. The van der Waals surface area contributed by atoms with Crippen molar-refractivity contribution in [2.24, 2.45) is 23.7 Å². The minimum Gasteiger partial charge on any atom is -0.0502 e. The Morgan fingerprint density at radius 1 is 0.357 bits per heavy atom. The molecule has 0 radical (unpaired) electrons. The summed E-state index contributed by atoms with van der Waals surface area (Å²) in [5.41, 5.74) is 0. The zero-order valence-electron chi connectivity index (χ0n) is 9.38. The highest BCUT2D eigenvalue weighted by molar-refractivity contribution is 4.83. The number of hydrogen-bond donors (Lipinski definition) is 0. The smallest absolute Gasteiger partial charge is 0.0411 e. The van der Waals surface area contributed by atoms with E-state index in [1.165, 1.54) is 0 Å². The molecule has 0 amide bonds. The van der Waals surface area contributed by atoms with Crippen LogP contribution in [-0.2, 0) is 0 Å². The molecule has 80 valence electrons. The summed E-state index contributed by atoms with van der Waals surface area (Å²) in [5.74, 6) is 4.52. The zero-order chi connectivity index (χ0) is 9.38. The second-order valence-electron chi connectivity index (χ2n) is 6.24. The van der Waals surface area contributed by atoms with Crippen LogP contribution in [0, 0.1) is 23.7 Å². The Labute approximate surface area is 88.5 Å². The maximum atomic E-state index is 1.60. The largest absolute Gasteiger partial charge is 0.0502 e. The van der Waals surface area contributed by atoms with Crippen LogP contribution >= 0.6 is 0 Å². The first-order valence-electron chi connectivity index (χ1n) is 6.90. The maximum absolute atomic E-state index is 1.60. The van der Waals surface area contributed by atoms with Gasteiger partial charge in [0, 0.05) is 0 Å². The van der Waals surface area contributed by atoms with Gasteiger partial charge < -0.3 is 0 Å². The lowest BCUT2D eigenvalue weighted by Gasteiger charge is -2.39. The SMILES string of the molecule is C1CC2CCC3CCC(CCC1C3)C2. The van der Waals surface area contributed by atoms with Crippen molar-refractivity contribution in [3.05, 3.63) is 0 Å². The first-order chi connectivity index (χ1) is 6.90. The van der Waals surface area contributed by atoms with Gasteiger partial charge in [-0.2, -0.15) is 0 Å². The Bertz CT molecular complexity index is 138. The van der Waals surface area contributed by atoms with E-state index in [9.17, 15) is 0 Å². The molecule has 0 heterocycles. The van der Waals surface area contributed by atoms with Crippen LogP contribution in [-0.4, -0.2) is 0 Å². The van der Waals surface area contributed by atoms with E-state index in [0.717, 1.165) is 23.7 Å². The van der Waals surface area contributed by atoms with Crippen LogP contribution in [0.4, 0.5) is 0 Å². The van der Waals surface area contributed by atoms with E-state index < -0.39 is 0 Å². The van der Waals surface area contributed by atoms with Gasteiger partial charge in [0.25, 0.3) is 0 Å². The first-order valence-corrected chi connectivity index (χ1v) is 6.90. The molecule has 0 unspecified atom stereocenters. The van der Waals surface area contributed by atoms with Gasteiger partial charge in [-0.1, -0.05) is 51.4 Å². The standard InChI is InChI=1S/C14H24/c1-2-12-5-6-13-7-8-14(10-12)4-3-11(1)9-13/h11-14H,1-10H2. The third-order valence-electron chi connectivity index (χ3n) is 5.27. The van der Waals surface area contributed by atoms with Crippen molar-refractivity contribution in [2.75, 3.05) is 0 Å². The van der Waals surface area contributed by atoms with E-state index in [4.69, 9.17) is 0 Å². The topological polar surface area (TPSA) is 0 Å². The van der Waals surface area contributed by atoms with Gasteiger partial charge in [-0.15, -0.1) is 0 Å². The first kappa shape index (κ1) is 9.24. The molecule has 0 aromatic heterocycles. The predicted octanol–water partition coefficient (Wildman–Crippen LogP) is 4.39. The summed E-state index contributed by atoms with van der Waals surface area (Å²) < 4.78 is 0. The van der Waals surface area contributed by atoms with Crippen LogP contribution in [0.3, 0.4) is 0 Å². The average molecular weight is 192 g/mol. The van der Waals surface area contributed by atoms with Gasteiger partial charge in [-0.3, -0.25) is 0 Å². The number of rotatable bonds is 0. The van der Waals surface area contributed by atoms with E-state index >= 15 is 0 Å². The lowest BCUT2D eigenvalue weighted by molar-refractivity contribution is 0.133. The van der Waals surface area contributed by atoms with Crippen molar-refractivity contribution in [3.8, 4) is 0 Å². The molecule has 0 aliphatic heterocycles. The van der Waals surface area contributed by atoms with Crippen LogP contribution in [0.15, 0.2) is 0 Å². The van der Waals surface area contributed by atoms with Gasteiger partial charge in [0.1, 0.15) is 0 Å². The highest BCUT2D eigenvalue weighted by Gasteiger charge is 2.31. The highest BCUT2D eigenvalue weighted by atomic mass is 14.4. The molecule has 0 aromatic rings. The lowest BCUT2D eigenvalue weighted by atomic mass is 9.67. The van der Waals surface area contributed by atoms with Crippen molar-refractivity contribution in [3.63, 3.8) is 0 Å². The van der Waals surface area contributed by atoms with E-state index in [1.807, 2.05) is 0 Å². The third kappa shape index (κ3) is 1.85. The van der Waals surface area contributed by atoms with Gasteiger partial charge in [0.15, 0.2) is 0 Å². The molecule has 4 rings (SSSR count). The summed E-state index contributed by atoms with van der Waals surface area (Å²) in [6, 6.07) is 0. The molecular formula is C14H24. The van der Waals surface area contributed by atoms with Crippen molar-refractivity contribution in [1.29, 1.82) is 0 Å². The predicted molar refractivity (Wildman–Crippen MR) is 60.1 cm³/mol. The maximum Gasteiger partial charge on any atom is -0.0411 e. The highest BCUT2D eigenvalue weighted by Crippen LogP contribution is 2.44. The van der Waals surface area contributed by atoms with Crippen molar-refractivity contribution >= 4 is 0 Å². The molecule has 0 aromatic carbocycles. The quantitative estimate of drug-likeness (QED) is 0.534.